The third kappa shape index (κ3) is 6.75. The lowest BCUT2D eigenvalue weighted by molar-refractivity contribution is -0.0632. The summed E-state index contributed by atoms with van der Waals surface area (Å²) in [5.74, 6) is 0.151. The first kappa shape index (κ1) is 25.6. The van der Waals surface area contributed by atoms with Crippen LogP contribution in [0.25, 0.3) is 0 Å². The van der Waals surface area contributed by atoms with Crippen LogP contribution in [-0.2, 0) is 38.7 Å². The summed E-state index contributed by atoms with van der Waals surface area (Å²) in [6.07, 6.45) is -0.687. The van der Waals surface area contributed by atoms with E-state index in [1.54, 1.807) is 0 Å². The van der Waals surface area contributed by atoms with Gasteiger partial charge in [0.1, 0.15) is 26.3 Å². The van der Waals surface area contributed by atoms with Crippen LogP contribution in [0.5, 0.6) is 5.75 Å². The monoisotopic (exact) mass is 469 g/mol. The second-order valence-corrected chi connectivity index (χ2v) is 7.48. The molecule has 3 aromatic rings. The highest BCUT2D eigenvalue weighted by Gasteiger charge is 2.27. The van der Waals surface area contributed by atoms with Crippen LogP contribution in [0.3, 0.4) is 0 Å². The van der Waals surface area contributed by atoms with Crippen LogP contribution in [0.4, 0.5) is 0 Å². The summed E-state index contributed by atoms with van der Waals surface area (Å²) in [6, 6.07) is 20.6. The first-order valence-electron chi connectivity index (χ1n) is 11.0. The molecule has 1 unspecified atom stereocenters. The third-order valence-corrected chi connectivity index (χ3v) is 5.10. The van der Waals surface area contributed by atoms with Gasteiger partial charge in [-0.2, -0.15) is 0 Å². The normalized spacial score (nSPS) is 12.0. The topological polar surface area (TPSA) is 88.4 Å². The molecule has 0 bridgehead atoms. The van der Waals surface area contributed by atoms with E-state index >= 15 is 0 Å². The second-order valence-electron chi connectivity index (χ2n) is 7.48. The fourth-order valence-corrected chi connectivity index (χ4v) is 3.64. The Kier molecular flexibility index (Phi) is 10.3. The molecule has 2 aromatic carbocycles. The Hall–Kier alpha value is -3.01. The molecule has 0 saturated heterocycles. The molecule has 34 heavy (non-hydrogen) atoms. The van der Waals surface area contributed by atoms with Crippen LogP contribution in [0, 0.1) is 0 Å². The Balaban J connectivity index is 2.15. The largest absolute Gasteiger partial charge is 0.483 e. The van der Waals surface area contributed by atoms with Crippen molar-refractivity contribution in [3.63, 3.8) is 0 Å². The van der Waals surface area contributed by atoms with Crippen molar-refractivity contribution in [1.82, 2.24) is 4.57 Å². The highest BCUT2D eigenvalue weighted by Crippen LogP contribution is 2.33. The molecule has 0 saturated carbocycles. The highest BCUT2D eigenvalue weighted by atomic mass is 16.7. The van der Waals surface area contributed by atoms with Crippen LogP contribution in [0.2, 0.25) is 0 Å². The van der Waals surface area contributed by atoms with Gasteiger partial charge in [-0.3, -0.25) is 4.79 Å². The minimum Gasteiger partial charge on any atom is -0.483 e. The molecule has 8 nitrogen and oxygen atoms in total. The standard InChI is InChI=1S/C26H31NO7/c1-30-18-32-17-22-15-23(29)26(33-16-20-9-5-3-6-10-20)24(27(22)13-14-28)25(34-19-31-2)21-11-7-4-8-12-21/h3-12,15,25,28H,13-14,16-19H2,1-2H3. The Labute approximate surface area is 199 Å². The van der Waals surface area contributed by atoms with Gasteiger partial charge in [0.25, 0.3) is 0 Å². The molecule has 1 heterocycles. The number of benzene rings is 2. The minimum absolute atomic E-state index is 0.00456. The van der Waals surface area contributed by atoms with Crippen LogP contribution in [0.15, 0.2) is 71.5 Å². The van der Waals surface area contributed by atoms with Crippen molar-refractivity contribution in [2.24, 2.45) is 0 Å². The maximum Gasteiger partial charge on any atom is 0.224 e. The molecule has 0 aliphatic carbocycles. The van der Waals surface area contributed by atoms with Gasteiger partial charge in [-0.1, -0.05) is 60.7 Å². The molecule has 1 atom stereocenters. The SMILES string of the molecule is COCOCc1cc(=O)c(OCc2ccccc2)c(C(OCOC)c2ccccc2)n1CCO. The fourth-order valence-electron chi connectivity index (χ4n) is 3.64. The number of hydrogen-bond donors (Lipinski definition) is 1. The molecule has 0 amide bonds. The Morgan fingerprint density at radius 2 is 1.59 bits per heavy atom. The van der Waals surface area contributed by atoms with E-state index in [0.717, 1.165) is 11.1 Å². The first-order valence-corrected chi connectivity index (χ1v) is 11.0. The summed E-state index contributed by atoms with van der Waals surface area (Å²) in [4.78, 5) is 13.3. The number of nitrogens with zero attached hydrogens (tertiary/aromatic N) is 1. The van der Waals surface area contributed by atoms with Gasteiger partial charge >= 0.3 is 0 Å². The van der Waals surface area contributed by atoms with Gasteiger partial charge in [-0.05, 0) is 11.1 Å². The average molecular weight is 470 g/mol. The average Bonchev–Trinajstić information content (AvgIpc) is 2.87. The van der Waals surface area contributed by atoms with Gasteiger partial charge in [-0.25, -0.2) is 0 Å². The van der Waals surface area contributed by atoms with Crippen molar-refractivity contribution < 1.29 is 28.8 Å². The smallest absolute Gasteiger partial charge is 0.224 e. The Bertz CT molecular complexity index is 1050. The molecule has 0 aliphatic heterocycles. The molecule has 0 fully saturated rings. The lowest BCUT2D eigenvalue weighted by Gasteiger charge is -2.27. The summed E-state index contributed by atoms with van der Waals surface area (Å²) in [5.41, 5.74) is 2.48. The Morgan fingerprint density at radius 1 is 0.912 bits per heavy atom. The van der Waals surface area contributed by atoms with Crippen molar-refractivity contribution in [3.05, 3.63) is 99.5 Å². The van der Waals surface area contributed by atoms with Gasteiger partial charge in [-0.15, -0.1) is 0 Å². The summed E-state index contributed by atoms with van der Waals surface area (Å²) in [5, 5.41) is 9.87. The molecule has 3 rings (SSSR count). The molecule has 1 aromatic heterocycles. The summed E-state index contributed by atoms with van der Waals surface area (Å²) in [6.45, 7) is 0.431. The van der Waals surface area contributed by atoms with Crippen LogP contribution < -0.4 is 10.2 Å². The maximum atomic E-state index is 13.3. The van der Waals surface area contributed by atoms with Gasteiger partial charge in [0.2, 0.25) is 5.43 Å². The van der Waals surface area contributed by atoms with Gasteiger partial charge in [0.05, 0.1) is 18.9 Å². The molecule has 182 valence electrons. The molecule has 1 N–H and O–H groups in total. The lowest BCUT2D eigenvalue weighted by Crippen LogP contribution is -2.26. The van der Waals surface area contributed by atoms with E-state index in [1.165, 1.54) is 20.3 Å². The number of aliphatic hydroxyl groups is 1. The van der Waals surface area contributed by atoms with Crippen molar-refractivity contribution in [3.8, 4) is 5.75 Å². The molecule has 0 spiro atoms. The van der Waals surface area contributed by atoms with Crippen LogP contribution in [0.1, 0.15) is 28.6 Å². The van der Waals surface area contributed by atoms with E-state index in [-0.39, 0.29) is 51.1 Å². The molecule has 8 heteroatoms. The van der Waals surface area contributed by atoms with E-state index < -0.39 is 6.10 Å². The summed E-state index contributed by atoms with van der Waals surface area (Å²) in [7, 11) is 3.06. The fraction of sp³-hybridized carbons (Fsp3) is 0.346. The van der Waals surface area contributed by atoms with E-state index in [1.807, 2.05) is 65.2 Å². The highest BCUT2D eigenvalue weighted by molar-refractivity contribution is 5.39. The quantitative estimate of drug-likeness (QED) is 0.286. The van der Waals surface area contributed by atoms with E-state index in [2.05, 4.69) is 0 Å². The number of pyridine rings is 1. The van der Waals surface area contributed by atoms with Gasteiger partial charge in [0.15, 0.2) is 5.75 Å². The van der Waals surface area contributed by atoms with Gasteiger partial charge in [0, 0.05) is 32.5 Å². The first-order chi connectivity index (χ1) is 16.7. The number of hydrogen-bond acceptors (Lipinski definition) is 7. The van der Waals surface area contributed by atoms with Crippen LogP contribution in [-0.4, -0.2) is 44.1 Å². The predicted octanol–water partition coefficient (Wildman–Crippen LogP) is 3.25. The number of aliphatic hydroxyl groups excluding tert-OH is 1. The summed E-state index contributed by atoms with van der Waals surface area (Å²) >= 11 is 0. The number of methoxy groups -OCH3 is 2. The Morgan fingerprint density at radius 3 is 2.24 bits per heavy atom. The maximum absolute atomic E-state index is 13.3. The number of ether oxygens (including phenoxy) is 5. The predicted molar refractivity (Wildman–Crippen MR) is 126 cm³/mol. The zero-order chi connectivity index (χ0) is 24.2. The lowest BCUT2D eigenvalue weighted by atomic mass is 10.0. The molecule has 0 aliphatic rings. The molecular weight excluding hydrogens is 438 g/mol. The van der Waals surface area contributed by atoms with E-state index in [4.69, 9.17) is 23.7 Å². The zero-order valence-electron chi connectivity index (χ0n) is 19.5. The molecular formula is C26H31NO7. The number of aromatic nitrogens is 1. The van der Waals surface area contributed by atoms with Crippen molar-refractivity contribution in [2.45, 2.75) is 25.9 Å². The van der Waals surface area contributed by atoms with Crippen molar-refractivity contribution in [2.75, 3.05) is 34.4 Å². The van der Waals surface area contributed by atoms with Crippen molar-refractivity contribution in [1.29, 1.82) is 0 Å². The van der Waals surface area contributed by atoms with Crippen LogP contribution >= 0.6 is 0 Å². The third-order valence-electron chi connectivity index (χ3n) is 5.10. The van der Waals surface area contributed by atoms with E-state index in [9.17, 15) is 9.90 Å². The zero-order valence-corrected chi connectivity index (χ0v) is 19.5. The number of rotatable bonds is 14. The van der Waals surface area contributed by atoms with Gasteiger partial charge < -0.3 is 33.4 Å². The van der Waals surface area contributed by atoms with E-state index in [0.29, 0.717) is 11.4 Å². The minimum atomic E-state index is -0.687. The van der Waals surface area contributed by atoms with Crippen molar-refractivity contribution >= 4 is 0 Å². The second kappa shape index (κ2) is 13.6. The molecule has 0 radical (unpaired) electrons. The summed E-state index contributed by atoms with van der Waals surface area (Å²) < 4.78 is 29.7.